The normalized spacial score (nSPS) is 18.8. The van der Waals surface area contributed by atoms with E-state index in [2.05, 4.69) is 58.5 Å². The first-order valence-electron chi connectivity index (χ1n) is 11.8. The zero-order valence-electron chi connectivity index (χ0n) is 21.6. The van der Waals surface area contributed by atoms with Gasteiger partial charge in [-0.25, -0.2) is 14.6 Å². The number of aromatic nitrogens is 2. The SMILES string of the molecule is Cc1ccc(CN2CCn3c(CN4CCN(C)CC4)cnc3C2C)s1.O=C(O)C(F)(F)F.O=C(O)C(F)(F)F. The van der Waals surface area contributed by atoms with E-state index in [9.17, 15) is 26.3 Å². The van der Waals surface area contributed by atoms with Gasteiger partial charge in [0.2, 0.25) is 0 Å². The molecule has 0 aromatic carbocycles. The number of rotatable bonds is 4. The van der Waals surface area contributed by atoms with Gasteiger partial charge in [0.05, 0.1) is 11.7 Å². The predicted octanol–water partition coefficient (Wildman–Crippen LogP) is 3.84. The van der Waals surface area contributed by atoms with Gasteiger partial charge in [-0.15, -0.1) is 11.3 Å². The molecule has 4 rings (SSSR count). The molecule has 4 heterocycles. The molecule has 39 heavy (non-hydrogen) atoms. The van der Waals surface area contributed by atoms with Gasteiger partial charge in [-0.1, -0.05) is 0 Å². The summed E-state index contributed by atoms with van der Waals surface area (Å²) in [6.07, 6.45) is -8.05. The molecule has 0 radical (unpaired) electrons. The van der Waals surface area contributed by atoms with Crippen molar-refractivity contribution in [2.45, 2.75) is 51.9 Å². The second kappa shape index (κ2) is 13.6. The van der Waals surface area contributed by atoms with Gasteiger partial charge in [0.15, 0.2) is 0 Å². The quantitative estimate of drug-likeness (QED) is 0.521. The van der Waals surface area contributed by atoms with Crippen LogP contribution in [0.25, 0.3) is 0 Å². The molecule has 2 aliphatic heterocycles. The molecule has 16 heteroatoms. The summed E-state index contributed by atoms with van der Waals surface area (Å²) < 4.78 is 65.9. The Labute approximate surface area is 225 Å². The molecular weight excluding hydrogens is 556 g/mol. The van der Waals surface area contributed by atoms with E-state index in [1.165, 1.54) is 34.4 Å². The van der Waals surface area contributed by atoms with Crippen molar-refractivity contribution in [1.29, 1.82) is 0 Å². The summed E-state index contributed by atoms with van der Waals surface area (Å²) in [6, 6.07) is 4.88. The van der Waals surface area contributed by atoms with Gasteiger partial charge in [0.1, 0.15) is 5.82 Å². The molecule has 2 N–H and O–H groups in total. The summed E-state index contributed by atoms with van der Waals surface area (Å²) in [7, 11) is 2.21. The largest absolute Gasteiger partial charge is 0.490 e. The molecule has 0 bridgehead atoms. The second-order valence-corrected chi connectivity index (χ2v) is 10.5. The van der Waals surface area contributed by atoms with Gasteiger partial charge in [-0.2, -0.15) is 26.3 Å². The number of hydrogen-bond acceptors (Lipinski definition) is 7. The number of halogens is 6. The Hall–Kier alpha value is -2.69. The minimum atomic E-state index is -5.08. The van der Waals surface area contributed by atoms with Crippen molar-refractivity contribution >= 4 is 23.3 Å². The van der Waals surface area contributed by atoms with E-state index in [0.717, 1.165) is 39.3 Å². The first kappa shape index (κ1) is 32.5. The van der Waals surface area contributed by atoms with Gasteiger partial charge >= 0.3 is 24.3 Å². The molecule has 0 amide bonds. The van der Waals surface area contributed by atoms with Crippen molar-refractivity contribution in [3.8, 4) is 0 Å². The van der Waals surface area contributed by atoms with Crippen LogP contribution in [0.4, 0.5) is 26.3 Å². The number of aliphatic carboxylic acids is 2. The van der Waals surface area contributed by atoms with Gasteiger partial charge < -0.3 is 19.7 Å². The molecule has 0 aliphatic carbocycles. The van der Waals surface area contributed by atoms with Crippen LogP contribution in [0.5, 0.6) is 0 Å². The molecule has 1 fully saturated rings. The maximum Gasteiger partial charge on any atom is 0.490 e. The van der Waals surface area contributed by atoms with Crippen LogP contribution in [0.1, 0.15) is 34.2 Å². The Morgan fingerprint density at radius 1 is 0.949 bits per heavy atom. The molecule has 2 aromatic rings. The van der Waals surface area contributed by atoms with Crippen LogP contribution in [0.2, 0.25) is 0 Å². The topological polar surface area (TPSA) is 102 Å². The maximum atomic E-state index is 10.6. The van der Waals surface area contributed by atoms with Gasteiger partial charge in [0.25, 0.3) is 0 Å². The lowest BCUT2D eigenvalue weighted by Gasteiger charge is -2.35. The number of alkyl halides is 6. The minimum absolute atomic E-state index is 0.386. The number of aryl methyl sites for hydroxylation is 1. The minimum Gasteiger partial charge on any atom is -0.475 e. The number of imidazole rings is 1. The number of carboxylic acid groups (broad SMARTS) is 2. The summed E-state index contributed by atoms with van der Waals surface area (Å²) in [4.78, 5) is 33.0. The summed E-state index contributed by atoms with van der Waals surface area (Å²) in [6.45, 7) is 13.4. The zero-order valence-corrected chi connectivity index (χ0v) is 22.4. The van der Waals surface area contributed by atoms with E-state index in [1.807, 2.05) is 11.3 Å². The summed E-state index contributed by atoms with van der Waals surface area (Å²) in [5.41, 5.74) is 1.39. The standard InChI is InChI=1S/C19H29N5S.2C2HF3O2/c1-15-4-5-18(25-15)14-23-10-11-24-17(12-20-19(24)16(23)2)13-22-8-6-21(3)7-9-22;2*3-2(4,5)1(6)7/h4-5,12,16H,6-11,13-14H2,1-3H3;2*(H,6,7). The van der Waals surface area contributed by atoms with Crippen molar-refractivity contribution < 1.29 is 46.1 Å². The number of thiophene rings is 1. The zero-order chi connectivity index (χ0) is 29.5. The highest BCUT2D eigenvalue weighted by atomic mass is 32.1. The van der Waals surface area contributed by atoms with Gasteiger partial charge in [0, 0.05) is 68.3 Å². The molecule has 0 saturated carbocycles. The van der Waals surface area contributed by atoms with E-state index >= 15 is 0 Å². The number of likely N-dealkylation sites (N-methyl/N-ethyl adjacent to an activating group) is 1. The van der Waals surface area contributed by atoms with E-state index in [-0.39, 0.29) is 0 Å². The average Bonchev–Trinajstić information content (AvgIpc) is 3.43. The molecule has 1 unspecified atom stereocenters. The molecule has 2 aliphatic rings. The lowest BCUT2D eigenvalue weighted by atomic mass is 10.2. The van der Waals surface area contributed by atoms with Crippen LogP contribution in [0.15, 0.2) is 18.3 Å². The van der Waals surface area contributed by atoms with E-state index < -0.39 is 24.3 Å². The van der Waals surface area contributed by atoms with Crippen molar-refractivity contribution in [3.05, 3.63) is 39.6 Å². The number of carboxylic acids is 2. The summed E-state index contributed by atoms with van der Waals surface area (Å²) in [5.74, 6) is -4.27. The lowest BCUT2D eigenvalue weighted by Crippen LogP contribution is -2.44. The predicted molar refractivity (Wildman–Crippen MR) is 130 cm³/mol. The molecule has 220 valence electrons. The third-order valence-corrected chi connectivity index (χ3v) is 7.11. The first-order chi connectivity index (χ1) is 18.0. The smallest absolute Gasteiger partial charge is 0.475 e. The van der Waals surface area contributed by atoms with Crippen LogP contribution in [0.3, 0.4) is 0 Å². The summed E-state index contributed by atoms with van der Waals surface area (Å²) >= 11 is 1.91. The molecule has 0 spiro atoms. The molecular formula is C23H31F6N5O4S. The number of piperazine rings is 1. The fraction of sp³-hybridized carbons (Fsp3) is 0.609. The van der Waals surface area contributed by atoms with Crippen molar-refractivity contribution in [3.63, 3.8) is 0 Å². The fourth-order valence-electron chi connectivity index (χ4n) is 3.95. The summed E-state index contributed by atoms with van der Waals surface area (Å²) in [5, 5.41) is 14.2. The molecule has 2 aromatic heterocycles. The highest BCUT2D eigenvalue weighted by Crippen LogP contribution is 2.29. The van der Waals surface area contributed by atoms with Crippen molar-refractivity contribution in [2.24, 2.45) is 0 Å². The van der Waals surface area contributed by atoms with E-state index in [4.69, 9.17) is 24.8 Å². The van der Waals surface area contributed by atoms with Gasteiger partial charge in [-0.3, -0.25) is 9.80 Å². The highest BCUT2D eigenvalue weighted by Gasteiger charge is 2.39. The van der Waals surface area contributed by atoms with Gasteiger partial charge in [-0.05, 0) is 33.0 Å². The van der Waals surface area contributed by atoms with Crippen LogP contribution in [0, 0.1) is 6.92 Å². The van der Waals surface area contributed by atoms with Crippen LogP contribution < -0.4 is 0 Å². The van der Waals surface area contributed by atoms with E-state index in [0.29, 0.717) is 6.04 Å². The third kappa shape index (κ3) is 10.1. The van der Waals surface area contributed by atoms with Crippen LogP contribution in [-0.2, 0) is 29.2 Å². The Morgan fingerprint density at radius 2 is 1.49 bits per heavy atom. The average molecular weight is 588 g/mol. The number of hydrogen-bond donors (Lipinski definition) is 2. The van der Waals surface area contributed by atoms with Crippen molar-refractivity contribution in [1.82, 2.24) is 24.3 Å². The Kier molecular flexibility index (Phi) is 11.3. The Morgan fingerprint density at radius 3 is 1.95 bits per heavy atom. The van der Waals surface area contributed by atoms with Crippen LogP contribution in [-0.4, -0.2) is 98.5 Å². The Bertz CT molecular complexity index is 1070. The number of nitrogens with zero attached hydrogens (tertiary/aromatic N) is 5. The molecule has 1 atom stereocenters. The lowest BCUT2D eigenvalue weighted by molar-refractivity contribution is -0.193. The van der Waals surface area contributed by atoms with E-state index in [1.54, 1.807) is 0 Å². The monoisotopic (exact) mass is 587 g/mol. The molecule has 9 nitrogen and oxygen atoms in total. The number of fused-ring (bicyclic) bond motifs is 1. The Balaban J connectivity index is 0.000000317. The van der Waals surface area contributed by atoms with Crippen molar-refractivity contribution in [2.75, 3.05) is 39.8 Å². The third-order valence-electron chi connectivity index (χ3n) is 6.12. The van der Waals surface area contributed by atoms with Crippen LogP contribution >= 0.6 is 11.3 Å². The fourth-order valence-corrected chi connectivity index (χ4v) is 4.87. The second-order valence-electron chi connectivity index (χ2n) is 9.10. The number of carbonyl (C=O) groups is 2. The molecule has 1 saturated heterocycles. The first-order valence-corrected chi connectivity index (χ1v) is 12.7. The highest BCUT2D eigenvalue weighted by molar-refractivity contribution is 7.11. The maximum absolute atomic E-state index is 10.6.